The average molecular weight is 404 g/mol. The Morgan fingerprint density at radius 3 is 2.38 bits per heavy atom. The maximum Gasteiger partial charge on any atom is 0.336 e. The molecule has 5 rings (SSSR count). The average Bonchev–Trinajstić information content (AvgIpc) is 3.13. The Kier molecular flexibility index (Phi) is 4.45. The second-order valence-electron chi connectivity index (χ2n) is 7.45. The van der Waals surface area contributed by atoms with Crippen LogP contribution < -0.4 is 11.2 Å². The molecule has 0 fully saturated rings. The first-order chi connectivity index (χ1) is 14.1. The van der Waals surface area contributed by atoms with Gasteiger partial charge in [0.2, 0.25) is 0 Å². The van der Waals surface area contributed by atoms with Gasteiger partial charge in [0, 0.05) is 31.6 Å². The summed E-state index contributed by atoms with van der Waals surface area (Å²) < 4.78 is 2.92. The number of hydrogen-bond donors (Lipinski definition) is 0. The van der Waals surface area contributed by atoms with Crippen molar-refractivity contribution in [3.8, 4) is 5.69 Å². The summed E-state index contributed by atoms with van der Waals surface area (Å²) in [6.45, 7) is 2.60. The van der Waals surface area contributed by atoms with E-state index in [1.165, 1.54) is 15.0 Å². The monoisotopic (exact) mass is 403 g/mol. The van der Waals surface area contributed by atoms with Crippen LogP contribution in [0.1, 0.15) is 16.0 Å². The molecule has 146 valence electrons. The summed E-state index contributed by atoms with van der Waals surface area (Å²) in [6.07, 6.45) is 0.824. The first-order valence-electron chi connectivity index (χ1n) is 9.71. The summed E-state index contributed by atoms with van der Waals surface area (Å²) in [6, 6.07) is 19.6. The fourth-order valence-electron chi connectivity index (χ4n) is 4.12. The maximum atomic E-state index is 13.4. The molecule has 0 aliphatic carbocycles. The van der Waals surface area contributed by atoms with Gasteiger partial charge in [-0.25, -0.2) is 9.36 Å². The van der Waals surface area contributed by atoms with Crippen molar-refractivity contribution in [3.63, 3.8) is 0 Å². The van der Waals surface area contributed by atoms with Crippen molar-refractivity contribution in [1.82, 2.24) is 14.0 Å². The van der Waals surface area contributed by atoms with Crippen molar-refractivity contribution in [2.24, 2.45) is 7.05 Å². The third-order valence-electron chi connectivity index (χ3n) is 5.58. The summed E-state index contributed by atoms with van der Waals surface area (Å²) in [5, 5.41) is 0.704. The van der Waals surface area contributed by atoms with Gasteiger partial charge < -0.3 is 0 Å². The Morgan fingerprint density at radius 2 is 1.66 bits per heavy atom. The molecule has 0 saturated heterocycles. The number of fused-ring (bicyclic) bond motifs is 3. The number of rotatable bonds is 3. The SMILES string of the molecule is Cn1c(=O)n(-c2ccccc2)c(=O)c2c3c(sc21)CN(Cc1ccccc1)CC3. The molecule has 0 atom stereocenters. The molecule has 1 aliphatic rings. The van der Waals surface area contributed by atoms with Gasteiger partial charge in [-0.2, -0.15) is 0 Å². The highest BCUT2D eigenvalue weighted by Gasteiger charge is 2.25. The third-order valence-corrected chi connectivity index (χ3v) is 6.87. The van der Waals surface area contributed by atoms with Gasteiger partial charge in [0.25, 0.3) is 5.56 Å². The van der Waals surface area contributed by atoms with Crippen molar-refractivity contribution in [1.29, 1.82) is 0 Å². The number of aryl methyl sites for hydroxylation is 1. The zero-order valence-electron chi connectivity index (χ0n) is 16.2. The lowest BCUT2D eigenvalue weighted by Gasteiger charge is -2.26. The van der Waals surface area contributed by atoms with E-state index in [1.807, 2.05) is 24.3 Å². The maximum absolute atomic E-state index is 13.4. The molecule has 3 heterocycles. The van der Waals surface area contributed by atoms with Crippen LogP contribution in [0, 0.1) is 0 Å². The number of thiophene rings is 1. The number of hydrogen-bond acceptors (Lipinski definition) is 4. The van der Waals surface area contributed by atoms with Crippen LogP contribution in [0.4, 0.5) is 0 Å². The molecular formula is C23H21N3O2S. The smallest absolute Gasteiger partial charge is 0.294 e. The third kappa shape index (κ3) is 3.05. The number of nitrogens with zero attached hydrogens (tertiary/aromatic N) is 3. The molecular weight excluding hydrogens is 382 g/mol. The van der Waals surface area contributed by atoms with Gasteiger partial charge in [0.15, 0.2) is 0 Å². The van der Waals surface area contributed by atoms with E-state index in [1.54, 1.807) is 35.1 Å². The number of aromatic nitrogens is 2. The first kappa shape index (κ1) is 18.1. The zero-order chi connectivity index (χ0) is 20.0. The van der Waals surface area contributed by atoms with Crippen LogP contribution in [-0.2, 0) is 26.6 Å². The molecule has 29 heavy (non-hydrogen) atoms. The highest BCUT2D eigenvalue weighted by molar-refractivity contribution is 7.18. The van der Waals surface area contributed by atoms with Crippen LogP contribution in [0.25, 0.3) is 15.9 Å². The molecule has 0 saturated carbocycles. The molecule has 2 aromatic heterocycles. The Balaban J connectivity index is 1.61. The topological polar surface area (TPSA) is 47.2 Å². The van der Waals surface area contributed by atoms with Crippen LogP contribution >= 0.6 is 11.3 Å². The summed E-state index contributed by atoms with van der Waals surface area (Å²) in [5.74, 6) is 0. The van der Waals surface area contributed by atoms with E-state index in [2.05, 4.69) is 29.2 Å². The van der Waals surface area contributed by atoms with Crippen molar-refractivity contribution in [2.45, 2.75) is 19.5 Å². The van der Waals surface area contributed by atoms with Gasteiger partial charge in [0.1, 0.15) is 4.83 Å². The molecule has 6 heteroatoms. The lowest BCUT2D eigenvalue weighted by atomic mass is 10.0. The molecule has 0 radical (unpaired) electrons. The van der Waals surface area contributed by atoms with E-state index in [-0.39, 0.29) is 11.2 Å². The summed E-state index contributed by atoms with van der Waals surface area (Å²) in [7, 11) is 1.76. The van der Waals surface area contributed by atoms with E-state index >= 15 is 0 Å². The summed E-state index contributed by atoms with van der Waals surface area (Å²) in [4.78, 5) is 30.7. The van der Waals surface area contributed by atoms with E-state index < -0.39 is 0 Å². The first-order valence-corrected chi connectivity index (χ1v) is 10.5. The number of benzene rings is 2. The lowest BCUT2D eigenvalue weighted by Crippen LogP contribution is -2.38. The predicted octanol–water partition coefficient (Wildman–Crippen LogP) is 3.31. The van der Waals surface area contributed by atoms with E-state index in [4.69, 9.17) is 0 Å². The van der Waals surface area contributed by atoms with Gasteiger partial charge in [0.05, 0.1) is 11.1 Å². The van der Waals surface area contributed by atoms with Crippen molar-refractivity contribution < 1.29 is 0 Å². The Hall–Kier alpha value is -2.96. The second-order valence-corrected chi connectivity index (χ2v) is 8.53. The standard InChI is InChI=1S/C23H21N3O2S/c1-24-22-20(21(27)26(23(24)28)17-10-6-3-7-11-17)18-12-13-25(15-19(18)29-22)14-16-8-4-2-5-9-16/h2-11H,12-15H2,1H3. The van der Waals surface area contributed by atoms with Gasteiger partial charge in [-0.1, -0.05) is 48.5 Å². The molecule has 5 nitrogen and oxygen atoms in total. The Morgan fingerprint density at radius 1 is 0.966 bits per heavy atom. The second kappa shape index (κ2) is 7.13. The Labute approximate surface area is 172 Å². The minimum Gasteiger partial charge on any atom is -0.294 e. The highest BCUT2D eigenvalue weighted by atomic mass is 32.1. The highest BCUT2D eigenvalue weighted by Crippen LogP contribution is 2.33. The zero-order valence-corrected chi connectivity index (χ0v) is 17.0. The summed E-state index contributed by atoms with van der Waals surface area (Å²) >= 11 is 1.58. The van der Waals surface area contributed by atoms with Crippen LogP contribution in [-0.4, -0.2) is 20.6 Å². The molecule has 0 N–H and O–H groups in total. The molecule has 0 amide bonds. The van der Waals surface area contributed by atoms with Gasteiger partial charge >= 0.3 is 5.69 Å². The van der Waals surface area contributed by atoms with E-state index in [0.717, 1.165) is 36.4 Å². The van der Waals surface area contributed by atoms with Crippen LogP contribution in [0.15, 0.2) is 70.3 Å². The number of para-hydroxylation sites is 1. The molecule has 0 bridgehead atoms. The van der Waals surface area contributed by atoms with E-state index in [9.17, 15) is 9.59 Å². The fraction of sp³-hybridized carbons (Fsp3) is 0.217. The van der Waals surface area contributed by atoms with Gasteiger partial charge in [-0.15, -0.1) is 11.3 Å². The molecule has 2 aromatic carbocycles. The quantitative estimate of drug-likeness (QED) is 0.527. The Bertz CT molecular complexity index is 1300. The molecule has 4 aromatic rings. The van der Waals surface area contributed by atoms with Crippen LogP contribution in [0.5, 0.6) is 0 Å². The van der Waals surface area contributed by atoms with Crippen LogP contribution in [0.3, 0.4) is 0 Å². The normalized spacial score (nSPS) is 14.2. The van der Waals surface area contributed by atoms with E-state index in [0.29, 0.717) is 11.1 Å². The minimum atomic E-state index is -0.298. The van der Waals surface area contributed by atoms with Crippen molar-refractivity contribution >= 4 is 21.6 Å². The van der Waals surface area contributed by atoms with Gasteiger partial charge in [-0.05, 0) is 29.7 Å². The fourth-order valence-corrected chi connectivity index (χ4v) is 5.45. The van der Waals surface area contributed by atoms with Crippen molar-refractivity contribution in [2.75, 3.05) is 6.54 Å². The van der Waals surface area contributed by atoms with Crippen molar-refractivity contribution in [3.05, 3.63) is 97.5 Å². The lowest BCUT2D eigenvalue weighted by molar-refractivity contribution is 0.249. The summed E-state index contributed by atoms with van der Waals surface area (Å²) in [5.41, 5.74) is 2.51. The molecule has 0 unspecified atom stereocenters. The molecule has 1 aliphatic heterocycles. The minimum absolute atomic E-state index is 0.205. The predicted molar refractivity (Wildman–Crippen MR) is 117 cm³/mol. The molecule has 0 spiro atoms. The largest absolute Gasteiger partial charge is 0.336 e. The van der Waals surface area contributed by atoms with Gasteiger partial charge in [-0.3, -0.25) is 14.3 Å². The van der Waals surface area contributed by atoms with Crippen LogP contribution in [0.2, 0.25) is 0 Å².